The van der Waals surface area contributed by atoms with E-state index in [2.05, 4.69) is 10.3 Å². The summed E-state index contributed by atoms with van der Waals surface area (Å²) in [5.74, 6) is -1.29. The third-order valence-electron chi connectivity index (χ3n) is 3.22. The molecule has 18 heavy (non-hydrogen) atoms. The zero-order valence-electron chi connectivity index (χ0n) is 9.57. The second-order valence-electron chi connectivity index (χ2n) is 4.43. The quantitative estimate of drug-likeness (QED) is 0.826. The Labute approximate surface area is 103 Å². The summed E-state index contributed by atoms with van der Waals surface area (Å²) >= 11 is 0. The first kappa shape index (κ1) is 11.3. The zero-order chi connectivity index (χ0) is 12.5. The molecule has 5 heteroatoms. The SMILES string of the molecule is Fc1cc(F)cc(C2COCC3=CNC=NC32)c1. The van der Waals surface area contributed by atoms with Gasteiger partial charge in [0.05, 0.1) is 25.6 Å². The highest BCUT2D eigenvalue weighted by atomic mass is 19.1. The Morgan fingerprint density at radius 2 is 2.00 bits per heavy atom. The average Bonchev–Trinajstić information content (AvgIpc) is 2.37. The van der Waals surface area contributed by atoms with Crippen LogP contribution in [0.4, 0.5) is 8.78 Å². The monoisotopic (exact) mass is 250 g/mol. The topological polar surface area (TPSA) is 33.6 Å². The second kappa shape index (κ2) is 4.49. The van der Waals surface area contributed by atoms with Crippen LogP contribution in [0.15, 0.2) is 35.0 Å². The number of nitrogens with one attached hydrogen (secondary N) is 1. The molecule has 0 aliphatic carbocycles. The predicted octanol–water partition coefficient (Wildman–Crippen LogP) is 1.96. The lowest BCUT2D eigenvalue weighted by Crippen LogP contribution is -2.35. The van der Waals surface area contributed by atoms with Crippen LogP contribution < -0.4 is 5.32 Å². The maximum atomic E-state index is 13.3. The smallest absolute Gasteiger partial charge is 0.126 e. The van der Waals surface area contributed by atoms with Crippen molar-refractivity contribution in [2.24, 2.45) is 4.99 Å². The van der Waals surface area contributed by atoms with Crippen LogP contribution in [0.3, 0.4) is 0 Å². The number of hydrogen-bond donors (Lipinski definition) is 1. The van der Waals surface area contributed by atoms with Crippen LogP contribution in [0.1, 0.15) is 11.5 Å². The normalized spacial score (nSPS) is 26.2. The molecule has 0 amide bonds. The lowest BCUT2D eigenvalue weighted by Gasteiger charge is -2.33. The fraction of sp³-hybridized carbons (Fsp3) is 0.308. The summed E-state index contributed by atoms with van der Waals surface area (Å²) in [7, 11) is 0. The molecule has 0 saturated carbocycles. The van der Waals surface area contributed by atoms with Gasteiger partial charge in [-0.2, -0.15) is 0 Å². The number of halogens is 2. The van der Waals surface area contributed by atoms with Crippen molar-refractivity contribution in [1.29, 1.82) is 0 Å². The van der Waals surface area contributed by atoms with Crippen LogP contribution in [-0.2, 0) is 4.74 Å². The maximum absolute atomic E-state index is 13.3. The van der Waals surface area contributed by atoms with Crippen molar-refractivity contribution in [2.75, 3.05) is 13.2 Å². The molecule has 1 N–H and O–H groups in total. The zero-order valence-corrected chi connectivity index (χ0v) is 9.57. The van der Waals surface area contributed by atoms with E-state index >= 15 is 0 Å². The van der Waals surface area contributed by atoms with Gasteiger partial charge in [0.2, 0.25) is 0 Å². The summed E-state index contributed by atoms with van der Waals surface area (Å²) in [6.45, 7) is 0.922. The van der Waals surface area contributed by atoms with Gasteiger partial charge >= 0.3 is 0 Å². The molecule has 2 aliphatic heterocycles. The second-order valence-corrected chi connectivity index (χ2v) is 4.43. The molecule has 1 aromatic rings. The molecule has 0 aromatic heterocycles. The van der Waals surface area contributed by atoms with Crippen molar-refractivity contribution in [1.82, 2.24) is 5.32 Å². The van der Waals surface area contributed by atoms with Gasteiger partial charge in [0.25, 0.3) is 0 Å². The molecule has 1 saturated heterocycles. The fourth-order valence-electron chi connectivity index (χ4n) is 2.40. The van der Waals surface area contributed by atoms with Crippen molar-refractivity contribution in [3.8, 4) is 0 Å². The molecule has 2 atom stereocenters. The predicted molar refractivity (Wildman–Crippen MR) is 63.4 cm³/mol. The lowest BCUT2D eigenvalue weighted by atomic mass is 9.86. The van der Waals surface area contributed by atoms with Crippen molar-refractivity contribution in [3.63, 3.8) is 0 Å². The van der Waals surface area contributed by atoms with Gasteiger partial charge in [0, 0.05) is 18.2 Å². The molecule has 0 bridgehead atoms. The van der Waals surface area contributed by atoms with Crippen LogP contribution >= 0.6 is 0 Å². The number of ether oxygens (including phenoxy) is 1. The largest absolute Gasteiger partial charge is 0.376 e. The minimum Gasteiger partial charge on any atom is -0.376 e. The van der Waals surface area contributed by atoms with Gasteiger partial charge in [-0.25, -0.2) is 8.78 Å². The van der Waals surface area contributed by atoms with Crippen molar-refractivity contribution in [3.05, 3.63) is 47.2 Å². The Hall–Kier alpha value is -1.75. The van der Waals surface area contributed by atoms with Crippen molar-refractivity contribution in [2.45, 2.75) is 12.0 Å². The highest BCUT2D eigenvalue weighted by molar-refractivity contribution is 5.59. The van der Waals surface area contributed by atoms with Gasteiger partial charge in [-0.1, -0.05) is 0 Å². The van der Waals surface area contributed by atoms with Gasteiger partial charge < -0.3 is 10.1 Å². The van der Waals surface area contributed by atoms with E-state index in [1.165, 1.54) is 12.1 Å². The van der Waals surface area contributed by atoms with E-state index in [1.807, 2.05) is 6.20 Å². The molecule has 2 unspecified atom stereocenters. The number of aliphatic imine (C=N–C) groups is 1. The molecule has 3 nitrogen and oxygen atoms in total. The Morgan fingerprint density at radius 1 is 1.22 bits per heavy atom. The molecule has 2 heterocycles. The molecular formula is C13H12F2N2O. The van der Waals surface area contributed by atoms with E-state index in [0.717, 1.165) is 11.6 Å². The summed E-state index contributed by atoms with van der Waals surface area (Å²) < 4.78 is 32.0. The molecule has 1 fully saturated rings. The highest BCUT2D eigenvalue weighted by Crippen LogP contribution is 2.32. The Morgan fingerprint density at radius 3 is 2.78 bits per heavy atom. The molecule has 0 radical (unpaired) electrons. The third kappa shape index (κ3) is 2.01. The van der Waals surface area contributed by atoms with E-state index in [4.69, 9.17) is 4.74 Å². The summed E-state index contributed by atoms with van der Waals surface area (Å²) in [4.78, 5) is 4.34. The van der Waals surface area contributed by atoms with Gasteiger partial charge in [-0.15, -0.1) is 0 Å². The third-order valence-corrected chi connectivity index (χ3v) is 3.22. The summed E-state index contributed by atoms with van der Waals surface area (Å²) in [6, 6.07) is 3.46. The van der Waals surface area contributed by atoms with Crippen LogP contribution in [0, 0.1) is 11.6 Å². The Bertz CT molecular complexity index is 507. The molecule has 1 aromatic carbocycles. The van der Waals surface area contributed by atoms with Crippen LogP contribution in [0.5, 0.6) is 0 Å². The van der Waals surface area contributed by atoms with Gasteiger partial charge in [0.1, 0.15) is 11.6 Å². The molecule has 3 rings (SSSR count). The van der Waals surface area contributed by atoms with Crippen molar-refractivity contribution >= 4 is 6.34 Å². The van der Waals surface area contributed by atoms with Gasteiger partial charge in [-0.05, 0) is 23.3 Å². The summed E-state index contributed by atoms with van der Waals surface area (Å²) in [5, 5.41) is 2.90. The van der Waals surface area contributed by atoms with E-state index in [1.54, 1.807) is 6.34 Å². The van der Waals surface area contributed by atoms with E-state index < -0.39 is 11.6 Å². The van der Waals surface area contributed by atoms with Crippen LogP contribution in [0.25, 0.3) is 0 Å². The minimum atomic E-state index is -0.570. The first-order valence-corrected chi connectivity index (χ1v) is 5.74. The Balaban J connectivity index is 1.97. The minimum absolute atomic E-state index is 0.0961. The summed E-state index contributed by atoms with van der Waals surface area (Å²) in [6.07, 6.45) is 3.43. The molecule has 94 valence electrons. The lowest BCUT2D eigenvalue weighted by molar-refractivity contribution is 0.104. The van der Waals surface area contributed by atoms with Crippen LogP contribution in [-0.4, -0.2) is 25.6 Å². The number of benzene rings is 1. The standard InChI is InChI=1S/C13H12F2N2O/c14-10-1-8(2-11(15)3-10)12-6-18-5-9-4-16-7-17-13(9)12/h1-4,7,12-13H,5-6H2,(H,16,17). The average molecular weight is 250 g/mol. The fourth-order valence-corrected chi connectivity index (χ4v) is 2.40. The number of hydrogen-bond acceptors (Lipinski definition) is 3. The summed E-state index contributed by atoms with van der Waals surface area (Å²) in [5.41, 5.74) is 1.58. The van der Waals surface area contributed by atoms with Gasteiger partial charge in [-0.3, -0.25) is 4.99 Å². The molecular weight excluding hydrogens is 238 g/mol. The number of nitrogens with zero attached hydrogens (tertiary/aromatic N) is 1. The molecule has 0 spiro atoms. The van der Waals surface area contributed by atoms with Crippen molar-refractivity contribution < 1.29 is 13.5 Å². The first-order chi connectivity index (χ1) is 8.74. The van der Waals surface area contributed by atoms with E-state index in [0.29, 0.717) is 18.8 Å². The maximum Gasteiger partial charge on any atom is 0.126 e. The van der Waals surface area contributed by atoms with E-state index in [-0.39, 0.29) is 12.0 Å². The Kier molecular flexibility index (Phi) is 2.83. The number of rotatable bonds is 1. The highest BCUT2D eigenvalue weighted by Gasteiger charge is 2.32. The number of fused-ring (bicyclic) bond motifs is 1. The van der Waals surface area contributed by atoms with Crippen LogP contribution in [0.2, 0.25) is 0 Å². The molecule has 2 aliphatic rings. The first-order valence-electron chi connectivity index (χ1n) is 5.74. The van der Waals surface area contributed by atoms with E-state index in [9.17, 15) is 8.78 Å². The van der Waals surface area contributed by atoms with Gasteiger partial charge in [0.15, 0.2) is 0 Å².